The molecule has 2 aromatic rings. The Hall–Kier alpha value is -2.89. The highest BCUT2D eigenvalue weighted by Gasteiger charge is 2.22. The van der Waals surface area contributed by atoms with Crippen LogP contribution in [0.3, 0.4) is 0 Å². The lowest BCUT2D eigenvalue weighted by atomic mass is 10.0. The zero-order valence-electron chi connectivity index (χ0n) is 14.8. The number of benzene rings is 2. The van der Waals surface area contributed by atoms with Gasteiger partial charge in [0.15, 0.2) is 11.9 Å². The first kappa shape index (κ1) is 18.4. The fourth-order valence-electron chi connectivity index (χ4n) is 2.46. The first-order chi connectivity index (χ1) is 11.8. The minimum atomic E-state index is -0.873. The molecule has 0 aromatic heterocycles. The molecule has 6 heteroatoms. The fraction of sp³-hybridized carbons (Fsp3) is 0.316. The van der Waals surface area contributed by atoms with Gasteiger partial charge in [0.1, 0.15) is 0 Å². The molecule has 0 fully saturated rings. The molecule has 0 aliphatic rings. The third-order valence-electron chi connectivity index (χ3n) is 3.82. The van der Waals surface area contributed by atoms with Gasteiger partial charge in [-0.1, -0.05) is 38.1 Å². The van der Waals surface area contributed by atoms with E-state index in [0.29, 0.717) is 0 Å². The van der Waals surface area contributed by atoms with Crippen molar-refractivity contribution in [2.45, 2.75) is 39.7 Å². The maximum atomic E-state index is 12.4. The SMILES string of the molecule is Cc1ccc(O[C@@H](C)C(=O)Nc2ccccc2C(C)C)c([N+](=O)[O-])c1. The molecule has 0 saturated carbocycles. The molecule has 2 aromatic carbocycles. The van der Waals surface area contributed by atoms with Gasteiger partial charge in [-0.15, -0.1) is 0 Å². The van der Waals surface area contributed by atoms with Crippen LogP contribution in [0.2, 0.25) is 0 Å². The number of amides is 1. The van der Waals surface area contributed by atoms with Crippen molar-refractivity contribution in [3.63, 3.8) is 0 Å². The third kappa shape index (κ3) is 4.56. The van der Waals surface area contributed by atoms with Gasteiger partial charge in [0.25, 0.3) is 5.91 Å². The van der Waals surface area contributed by atoms with E-state index in [0.717, 1.165) is 16.8 Å². The van der Waals surface area contributed by atoms with Gasteiger partial charge < -0.3 is 10.1 Å². The summed E-state index contributed by atoms with van der Waals surface area (Å²) >= 11 is 0. The van der Waals surface area contributed by atoms with E-state index in [1.165, 1.54) is 12.1 Å². The van der Waals surface area contributed by atoms with E-state index in [2.05, 4.69) is 5.32 Å². The standard InChI is InChI=1S/C19H22N2O4/c1-12(2)15-7-5-6-8-16(15)20-19(22)14(4)25-18-10-9-13(3)11-17(18)21(23)24/h5-12,14H,1-4H3,(H,20,22)/t14-/m0/s1. The Morgan fingerprint density at radius 1 is 1.16 bits per heavy atom. The Kier molecular flexibility index (Phi) is 5.75. The molecule has 25 heavy (non-hydrogen) atoms. The Labute approximate surface area is 147 Å². The summed E-state index contributed by atoms with van der Waals surface area (Å²) in [5.74, 6) is -0.0238. The Bertz CT molecular complexity index is 787. The van der Waals surface area contributed by atoms with Crippen LogP contribution in [0, 0.1) is 17.0 Å². The number of nitrogens with zero attached hydrogens (tertiary/aromatic N) is 1. The maximum Gasteiger partial charge on any atom is 0.311 e. The van der Waals surface area contributed by atoms with Gasteiger partial charge in [0.2, 0.25) is 0 Å². The van der Waals surface area contributed by atoms with Gasteiger partial charge in [-0.3, -0.25) is 14.9 Å². The van der Waals surface area contributed by atoms with Crippen molar-refractivity contribution in [2.75, 3.05) is 5.32 Å². The molecule has 0 spiro atoms. The first-order valence-corrected chi connectivity index (χ1v) is 8.11. The zero-order chi connectivity index (χ0) is 18.6. The molecule has 0 aliphatic carbocycles. The number of ether oxygens (including phenoxy) is 1. The van der Waals surface area contributed by atoms with Crippen molar-refractivity contribution in [2.24, 2.45) is 0 Å². The monoisotopic (exact) mass is 342 g/mol. The normalized spacial score (nSPS) is 11.9. The van der Waals surface area contributed by atoms with Crippen LogP contribution in [0.15, 0.2) is 42.5 Å². The van der Waals surface area contributed by atoms with Gasteiger partial charge in [0, 0.05) is 11.8 Å². The molecule has 0 heterocycles. The molecule has 0 aliphatic heterocycles. The van der Waals surface area contributed by atoms with E-state index >= 15 is 0 Å². The maximum absolute atomic E-state index is 12.4. The molecule has 1 N–H and O–H groups in total. The molecule has 1 amide bonds. The van der Waals surface area contributed by atoms with E-state index in [4.69, 9.17) is 4.74 Å². The Morgan fingerprint density at radius 2 is 1.84 bits per heavy atom. The van der Waals surface area contributed by atoms with Crippen LogP contribution in [0.1, 0.15) is 37.8 Å². The number of hydrogen-bond donors (Lipinski definition) is 1. The second-order valence-corrected chi connectivity index (χ2v) is 6.22. The largest absolute Gasteiger partial charge is 0.474 e. The minimum absolute atomic E-state index is 0.0791. The molecule has 2 rings (SSSR count). The number of carbonyl (C=O) groups is 1. The number of nitro benzene ring substituents is 1. The number of rotatable bonds is 6. The summed E-state index contributed by atoms with van der Waals surface area (Å²) in [5, 5.41) is 14.0. The summed E-state index contributed by atoms with van der Waals surface area (Å²) in [7, 11) is 0. The van der Waals surface area contributed by atoms with Crippen molar-refractivity contribution < 1.29 is 14.5 Å². The van der Waals surface area contributed by atoms with E-state index in [1.54, 1.807) is 19.9 Å². The number of carbonyl (C=O) groups excluding carboxylic acids is 1. The lowest BCUT2D eigenvalue weighted by molar-refractivity contribution is -0.386. The molecule has 132 valence electrons. The lowest BCUT2D eigenvalue weighted by Crippen LogP contribution is -2.30. The summed E-state index contributed by atoms with van der Waals surface area (Å²) in [6, 6.07) is 12.2. The second kappa shape index (κ2) is 7.79. The highest BCUT2D eigenvalue weighted by molar-refractivity contribution is 5.94. The number of nitro groups is 1. The van der Waals surface area contributed by atoms with Crippen LogP contribution in [-0.4, -0.2) is 16.9 Å². The lowest BCUT2D eigenvalue weighted by Gasteiger charge is -2.17. The molecule has 6 nitrogen and oxygen atoms in total. The van der Waals surface area contributed by atoms with Crippen molar-refractivity contribution in [1.82, 2.24) is 0 Å². The van der Waals surface area contributed by atoms with Crippen LogP contribution in [0.4, 0.5) is 11.4 Å². The topological polar surface area (TPSA) is 81.5 Å². The highest BCUT2D eigenvalue weighted by atomic mass is 16.6. The van der Waals surface area contributed by atoms with E-state index in [9.17, 15) is 14.9 Å². The summed E-state index contributed by atoms with van der Waals surface area (Å²) < 4.78 is 5.54. The fourth-order valence-corrected chi connectivity index (χ4v) is 2.46. The number of aryl methyl sites for hydroxylation is 1. The zero-order valence-corrected chi connectivity index (χ0v) is 14.8. The third-order valence-corrected chi connectivity index (χ3v) is 3.82. The van der Waals surface area contributed by atoms with E-state index < -0.39 is 11.0 Å². The van der Waals surface area contributed by atoms with Crippen LogP contribution in [0.5, 0.6) is 5.75 Å². The molecule has 0 radical (unpaired) electrons. The van der Waals surface area contributed by atoms with E-state index in [-0.39, 0.29) is 23.3 Å². The average Bonchev–Trinajstić information content (AvgIpc) is 2.56. The van der Waals surface area contributed by atoms with Crippen molar-refractivity contribution in [3.05, 3.63) is 63.7 Å². The molecule has 1 atom stereocenters. The molecule has 0 saturated heterocycles. The summed E-state index contributed by atoms with van der Waals surface area (Å²) in [4.78, 5) is 23.1. The van der Waals surface area contributed by atoms with Gasteiger partial charge in [-0.25, -0.2) is 0 Å². The van der Waals surface area contributed by atoms with Crippen LogP contribution in [-0.2, 0) is 4.79 Å². The highest BCUT2D eigenvalue weighted by Crippen LogP contribution is 2.29. The Balaban J connectivity index is 2.16. The van der Waals surface area contributed by atoms with Crippen LogP contribution < -0.4 is 10.1 Å². The summed E-state index contributed by atoms with van der Waals surface area (Å²) in [5.41, 5.74) is 2.34. The molecule has 0 bridgehead atoms. The Morgan fingerprint density at radius 3 is 2.48 bits per heavy atom. The number of nitrogens with one attached hydrogen (secondary N) is 1. The van der Waals surface area contributed by atoms with Gasteiger partial charge in [0.05, 0.1) is 4.92 Å². The molecular weight excluding hydrogens is 320 g/mol. The van der Waals surface area contributed by atoms with Crippen molar-refractivity contribution >= 4 is 17.3 Å². The second-order valence-electron chi connectivity index (χ2n) is 6.22. The molecule has 0 unspecified atom stereocenters. The first-order valence-electron chi connectivity index (χ1n) is 8.11. The summed E-state index contributed by atoms with van der Waals surface area (Å²) in [6.07, 6.45) is -0.873. The summed E-state index contributed by atoms with van der Waals surface area (Å²) in [6.45, 7) is 7.41. The van der Waals surface area contributed by atoms with Crippen LogP contribution in [0.25, 0.3) is 0 Å². The predicted molar refractivity (Wildman–Crippen MR) is 97.1 cm³/mol. The van der Waals surface area contributed by atoms with Crippen molar-refractivity contribution in [3.8, 4) is 5.75 Å². The van der Waals surface area contributed by atoms with Crippen LogP contribution >= 0.6 is 0 Å². The average molecular weight is 342 g/mol. The van der Waals surface area contributed by atoms with Crippen molar-refractivity contribution in [1.29, 1.82) is 0 Å². The minimum Gasteiger partial charge on any atom is -0.474 e. The molecular formula is C19H22N2O4. The predicted octanol–water partition coefficient (Wildman–Crippen LogP) is 4.43. The number of hydrogen-bond acceptors (Lipinski definition) is 4. The quantitative estimate of drug-likeness (QED) is 0.622. The number of anilines is 1. The smallest absolute Gasteiger partial charge is 0.311 e. The van der Waals surface area contributed by atoms with E-state index in [1.807, 2.05) is 38.1 Å². The number of para-hydroxylation sites is 1. The van der Waals surface area contributed by atoms with Gasteiger partial charge in [-0.2, -0.15) is 0 Å². The van der Waals surface area contributed by atoms with Gasteiger partial charge >= 0.3 is 5.69 Å². The van der Waals surface area contributed by atoms with Gasteiger partial charge in [-0.05, 0) is 43.0 Å².